The van der Waals surface area contributed by atoms with Crippen molar-refractivity contribution in [2.75, 3.05) is 6.54 Å². The number of rotatable bonds is 5. The lowest BCUT2D eigenvalue weighted by molar-refractivity contribution is -0.122. The molecule has 118 valence electrons. The van der Waals surface area contributed by atoms with Crippen molar-refractivity contribution in [2.45, 2.75) is 52.1 Å². The monoisotopic (exact) mass is 314 g/mol. The quantitative estimate of drug-likeness (QED) is 0.746. The van der Waals surface area contributed by atoms with Gasteiger partial charge in [-0.1, -0.05) is 13.8 Å². The zero-order chi connectivity index (χ0) is 14.5. The predicted molar refractivity (Wildman–Crippen MR) is 83.7 cm³/mol. The van der Waals surface area contributed by atoms with Gasteiger partial charge in [-0.15, -0.1) is 12.4 Å². The smallest absolute Gasteiger partial charge is 0.269 e. The Morgan fingerprint density at radius 1 is 1.33 bits per heavy atom. The van der Waals surface area contributed by atoms with Crippen LogP contribution in [0.1, 0.15) is 43.5 Å². The van der Waals surface area contributed by atoms with E-state index in [0.29, 0.717) is 5.56 Å². The van der Waals surface area contributed by atoms with Crippen molar-refractivity contribution < 1.29 is 4.79 Å². The number of nitrogens with one attached hydrogen (secondary N) is 3. The van der Waals surface area contributed by atoms with Gasteiger partial charge >= 0.3 is 0 Å². The van der Waals surface area contributed by atoms with Crippen molar-refractivity contribution in [2.24, 2.45) is 0 Å². The van der Waals surface area contributed by atoms with E-state index in [4.69, 9.17) is 0 Å². The van der Waals surface area contributed by atoms with Gasteiger partial charge in [-0.2, -0.15) is 5.10 Å². The first-order chi connectivity index (χ1) is 9.67. The Morgan fingerprint density at radius 3 is 2.67 bits per heavy atom. The highest BCUT2D eigenvalue weighted by Crippen LogP contribution is 2.10. The molecule has 7 heteroatoms. The van der Waals surface area contributed by atoms with Crippen LogP contribution < -0.4 is 16.2 Å². The molecule has 0 saturated carbocycles. The molecular weight excluding hydrogens is 292 g/mol. The average molecular weight is 315 g/mol. The maximum Gasteiger partial charge on any atom is 0.269 e. The van der Waals surface area contributed by atoms with Crippen LogP contribution in [0.3, 0.4) is 0 Å². The molecule has 2 rings (SSSR count). The summed E-state index contributed by atoms with van der Waals surface area (Å²) >= 11 is 0. The molecule has 0 radical (unpaired) electrons. The number of amides is 1. The molecule has 1 aliphatic heterocycles. The molecule has 3 N–H and O–H groups in total. The third kappa shape index (κ3) is 4.04. The van der Waals surface area contributed by atoms with Gasteiger partial charge in [0.15, 0.2) is 0 Å². The topological polar surface area (TPSA) is 86.9 Å². The number of carbonyl (C=O) groups excluding carboxylic acids is 1. The van der Waals surface area contributed by atoms with Crippen LogP contribution in [0.15, 0.2) is 4.79 Å². The standard InChI is InChI=1S/C14H22N4O2.ClH/c1-3-9-10(13(19)18-17-11(9)4-2)8-16-14(20)12-6-5-7-15-12;/h12,15H,3-8H2,1-2H3,(H,16,20)(H,18,19);1H. The fourth-order valence-corrected chi connectivity index (χ4v) is 2.67. The van der Waals surface area contributed by atoms with Gasteiger partial charge in [-0.05, 0) is 37.8 Å². The van der Waals surface area contributed by atoms with Crippen LogP contribution in [-0.2, 0) is 24.2 Å². The lowest BCUT2D eigenvalue weighted by Gasteiger charge is -2.13. The summed E-state index contributed by atoms with van der Waals surface area (Å²) < 4.78 is 0. The largest absolute Gasteiger partial charge is 0.350 e. The molecule has 6 nitrogen and oxygen atoms in total. The second-order valence-electron chi connectivity index (χ2n) is 5.03. The second kappa shape index (κ2) is 8.14. The van der Waals surface area contributed by atoms with Gasteiger partial charge in [-0.3, -0.25) is 9.59 Å². The normalized spacial score (nSPS) is 17.3. The SMILES string of the molecule is CCc1n[nH]c(=O)c(CNC(=O)C2CCCN2)c1CC.Cl. The molecular formula is C14H23ClN4O2. The molecule has 1 aromatic rings. The summed E-state index contributed by atoms with van der Waals surface area (Å²) in [7, 11) is 0. The van der Waals surface area contributed by atoms with Crippen LogP contribution in [-0.4, -0.2) is 28.7 Å². The minimum atomic E-state index is -0.210. The zero-order valence-electron chi connectivity index (χ0n) is 12.5. The fraction of sp³-hybridized carbons (Fsp3) is 0.643. The summed E-state index contributed by atoms with van der Waals surface area (Å²) in [5.74, 6) is -0.0289. The number of aryl methyl sites for hydroxylation is 1. The molecule has 1 aromatic heterocycles. The van der Waals surface area contributed by atoms with Crippen LogP contribution in [0.2, 0.25) is 0 Å². The Morgan fingerprint density at radius 2 is 2.10 bits per heavy atom. The Kier molecular flexibility index (Phi) is 6.84. The van der Waals surface area contributed by atoms with E-state index in [9.17, 15) is 9.59 Å². The van der Waals surface area contributed by atoms with Crippen LogP contribution in [0, 0.1) is 0 Å². The van der Waals surface area contributed by atoms with Gasteiger partial charge in [0, 0.05) is 12.1 Å². The molecule has 1 saturated heterocycles. The Balaban J connectivity index is 0.00000220. The number of halogens is 1. The summed E-state index contributed by atoms with van der Waals surface area (Å²) in [6, 6.07) is -0.119. The first-order valence-electron chi connectivity index (χ1n) is 7.27. The number of carbonyl (C=O) groups is 1. The van der Waals surface area contributed by atoms with Crippen LogP contribution in [0.4, 0.5) is 0 Å². The first-order valence-corrected chi connectivity index (χ1v) is 7.27. The van der Waals surface area contributed by atoms with Gasteiger partial charge in [0.1, 0.15) is 0 Å². The van der Waals surface area contributed by atoms with E-state index in [1.807, 2.05) is 13.8 Å². The number of aromatic nitrogens is 2. The van der Waals surface area contributed by atoms with E-state index >= 15 is 0 Å². The molecule has 1 atom stereocenters. The average Bonchev–Trinajstić information content (AvgIpc) is 2.99. The van der Waals surface area contributed by atoms with Gasteiger partial charge in [0.2, 0.25) is 5.91 Å². The molecule has 0 bridgehead atoms. The summed E-state index contributed by atoms with van der Waals surface area (Å²) in [5.41, 5.74) is 2.27. The number of nitrogens with zero attached hydrogens (tertiary/aromatic N) is 1. The lowest BCUT2D eigenvalue weighted by Crippen LogP contribution is -2.41. The summed E-state index contributed by atoms with van der Waals surface area (Å²) in [6.07, 6.45) is 3.39. The molecule has 1 amide bonds. The highest BCUT2D eigenvalue weighted by atomic mass is 35.5. The van der Waals surface area contributed by atoms with E-state index in [-0.39, 0.29) is 36.5 Å². The summed E-state index contributed by atoms with van der Waals surface area (Å²) in [6.45, 7) is 5.16. The molecule has 0 aliphatic carbocycles. The van der Waals surface area contributed by atoms with Crippen LogP contribution >= 0.6 is 12.4 Å². The molecule has 1 unspecified atom stereocenters. The minimum Gasteiger partial charge on any atom is -0.350 e. The fourth-order valence-electron chi connectivity index (χ4n) is 2.67. The van der Waals surface area contributed by atoms with Gasteiger partial charge < -0.3 is 10.6 Å². The maximum atomic E-state index is 12.0. The Hall–Kier alpha value is -1.40. The number of H-pyrrole nitrogens is 1. The van der Waals surface area contributed by atoms with Crippen molar-refractivity contribution in [1.82, 2.24) is 20.8 Å². The van der Waals surface area contributed by atoms with Crippen molar-refractivity contribution >= 4 is 18.3 Å². The lowest BCUT2D eigenvalue weighted by atomic mass is 10.0. The van der Waals surface area contributed by atoms with E-state index in [1.165, 1.54) is 0 Å². The first kappa shape index (κ1) is 17.7. The van der Waals surface area contributed by atoms with Crippen LogP contribution in [0.5, 0.6) is 0 Å². The third-order valence-corrected chi connectivity index (χ3v) is 3.78. The summed E-state index contributed by atoms with van der Waals surface area (Å²) in [4.78, 5) is 23.9. The van der Waals surface area contributed by atoms with Crippen molar-refractivity contribution in [3.63, 3.8) is 0 Å². The number of aromatic amines is 1. The Labute approximate surface area is 130 Å². The van der Waals surface area contributed by atoms with Crippen molar-refractivity contribution in [3.05, 3.63) is 27.2 Å². The van der Waals surface area contributed by atoms with Gasteiger partial charge in [-0.25, -0.2) is 5.10 Å². The van der Waals surface area contributed by atoms with Crippen molar-refractivity contribution in [3.8, 4) is 0 Å². The van der Waals surface area contributed by atoms with E-state index in [2.05, 4.69) is 20.8 Å². The predicted octanol–water partition coefficient (Wildman–Crippen LogP) is 0.685. The highest BCUT2D eigenvalue weighted by molar-refractivity contribution is 5.85. The van der Waals surface area contributed by atoms with Gasteiger partial charge in [0.25, 0.3) is 5.56 Å². The highest BCUT2D eigenvalue weighted by Gasteiger charge is 2.22. The van der Waals surface area contributed by atoms with Crippen molar-refractivity contribution in [1.29, 1.82) is 0 Å². The van der Waals surface area contributed by atoms with Gasteiger partial charge in [0.05, 0.1) is 11.7 Å². The van der Waals surface area contributed by atoms with Crippen LogP contribution in [0.25, 0.3) is 0 Å². The van der Waals surface area contributed by atoms with E-state index in [1.54, 1.807) is 0 Å². The van der Waals surface area contributed by atoms with E-state index < -0.39 is 0 Å². The zero-order valence-corrected chi connectivity index (χ0v) is 13.3. The molecule has 1 fully saturated rings. The minimum absolute atomic E-state index is 0. The Bertz CT molecular complexity index is 538. The second-order valence-corrected chi connectivity index (χ2v) is 5.03. The van der Waals surface area contributed by atoms with E-state index in [0.717, 1.165) is 43.5 Å². The molecule has 0 aromatic carbocycles. The molecule has 1 aliphatic rings. The molecule has 2 heterocycles. The third-order valence-electron chi connectivity index (χ3n) is 3.78. The molecule has 0 spiro atoms. The molecule has 21 heavy (non-hydrogen) atoms. The number of hydrogen-bond acceptors (Lipinski definition) is 4. The summed E-state index contributed by atoms with van der Waals surface area (Å²) in [5, 5.41) is 12.6. The number of hydrogen-bond donors (Lipinski definition) is 3. The maximum absolute atomic E-state index is 12.0.